The van der Waals surface area contributed by atoms with Gasteiger partial charge < -0.3 is 9.67 Å². The van der Waals surface area contributed by atoms with Crippen molar-refractivity contribution >= 4 is 28.6 Å². The number of halogens is 1. The smallest absolute Gasteiger partial charge is 0.337 e. The van der Waals surface area contributed by atoms with Gasteiger partial charge in [0, 0.05) is 5.02 Å². The van der Waals surface area contributed by atoms with Gasteiger partial charge in [0.2, 0.25) is 0 Å². The number of hydrogen-bond donors (Lipinski definition) is 1. The lowest BCUT2D eigenvalue weighted by atomic mass is 10.1. The molecule has 0 aliphatic carbocycles. The van der Waals surface area contributed by atoms with E-state index >= 15 is 0 Å². The highest BCUT2D eigenvalue weighted by molar-refractivity contribution is 6.30. The topological polar surface area (TPSA) is 55.1 Å². The first kappa shape index (κ1) is 13.6. The normalized spacial score (nSPS) is 12.5. The Hall–Kier alpha value is -2.33. The molecule has 1 heterocycles. The zero-order valence-electron chi connectivity index (χ0n) is 11.3. The van der Waals surface area contributed by atoms with Gasteiger partial charge in [0.15, 0.2) is 0 Å². The van der Waals surface area contributed by atoms with E-state index in [0.29, 0.717) is 10.5 Å². The number of hydrogen-bond acceptors (Lipinski definition) is 2. The Kier molecular flexibility index (Phi) is 3.39. The van der Waals surface area contributed by atoms with E-state index in [1.54, 1.807) is 18.5 Å². The van der Waals surface area contributed by atoms with Crippen LogP contribution in [0.4, 0.5) is 0 Å². The number of imidazole rings is 1. The van der Waals surface area contributed by atoms with Crippen LogP contribution in [-0.4, -0.2) is 20.6 Å². The van der Waals surface area contributed by atoms with Gasteiger partial charge in [-0.3, -0.25) is 0 Å². The molecule has 0 fully saturated rings. The summed E-state index contributed by atoms with van der Waals surface area (Å²) < 4.78 is 1.96. The second kappa shape index (κ2) is 5.22. The first-order chi connectivity index (χ1) is 10.1. The molecule has 0 spiro atoms. The van der Waals surface area contributed by atoms with Crippen LogP contribution in [0.1, 0.15) is 28.9 Å². The molecule has 0 aliphatic rings. The Morgan fingerprint density at radius 1 is 1.24 bits per heavy atom. The van der Waals surface area contributed by atoms with Crippen molar-refractivity contribution < 1.29 is 9.90 Å². The van der Waals surface area contributed by atoms with Crippen LogP contribution in [0.3, 0.4) is 0 Å². The van der Waals surface area contributed by atoms with E-state index in [9.17, 15) is 9.90 Å². The molecule has 1 N–H and O–H groups in total. The fraction of sp³-hybridized carbons (Fsp3) is 0.125. The highest BCUT2D eigenvalue weighted by Gasteiger charge is 2.16. The van der Waals surface area contributed by atoms with E-state index in [2.05, 4.69) is 4.98 Å². The van der Waals surface area contributed by atoms with Gasteiger partial charge in [0.05, 0.1) is 23.4 Å². The van der Waals surface area contributed by atoms with Gasteiger partial charge in [-0.2, -0.15) is 0 Å². The van der Waals surface area contributed by atoms with Crippen molar-refractivity contribution in [2.75, 3.05) is 0 Å². The van der Waals surface area contributed by atoms with Gasteiger partial charge in [-0.25, -0.2) is 9.78 Å². The fourth-order valence-corrected chi connectivity index (χ4v) is 2.57. The molecule has 1 unspecified atom stereocenters. The SMILES string of the molecule is CC(c1ccc(Cl)cc1)n1cnc2c(C(=O)O)cccc21. The largest absolute Gasteiger partial charge is 0.478 e. The van der Waals surface area contributed by atoms with Gasteiger partial charge >= 0.3 is 5.97 Å². The minimum atomic E-state index is -0.968. The van der Waals surface area contributed by atoms with Gasteiger partial charge in [-0.15, -0.1) is 0 Å². The van der Waals surface area contributed by atoms with Crippen LogP contribution in [0.15, 0.2) is 48.8 Å². The molecule has 5 heteroatoms. The van der Waals surface area contributed by atoms with E-state index in [1.807, 2.05) is 41.8 Å². The van der Waals surface area contributed by atoms with E-state index in [-0.39, 0.29) is 11.6 Å². The summed E-state index contributed by atoms with van der Waals surface area (Å²) in [4.78, 5) is 15.5. The zero-order chi connectivity index (χ0) is 15.0. The second-order valence-electron chi connectivity index (χ2n) is 4.86. The van der Waals surface area contributed by atoms with Crippen molar-refractivity contribution in [1.82, 2.24) is 9.55 Å². The predicted octanol–water partition coefficient (Wildman–Crippen LogP) is 4.00. The van der Waals surface area contributed by atoms with Crippen LogP contribution in [0.2, 0.25) is 5.02 Å². The minimum absolute atomic E-state index is 0.0383. The number of aromatic carboxylic acids is 1. The van der Waals surface area contributed by atoms with Crippen LogP contribution in [-0.2, 0) is 0 Å². The molecule has 0 bridgehead atoms. The van der Waals surface area contributed by atoms with Crippen LogP contribution in [0, 0.1) is 0 Å². The molecular weight excluding hydrogens is 288 g/mol. The lowest BCUT2D eigenvalue weighted by Crippen LogP contribution is -2.05. The van der Waals surface area contributed by atoms with E-state index < -0.39 is 5.97 Å². The number of carboxylic acid groups (broad SMARTS) is 1. The van der Waals surface area contributed by atoms with Crippen molar-refractivity contribution in [2.45, 2.75) is 13.0 Å². The first-order valence-electron chi connectivity index (χ1n) is 6.52. The predicted molar refractivity (Wildman–Crippen MR) is 82.0 cm³/mol. The van der Waals surface area contributed by atoms with Gasteiger partial charge in [-0.1, -0.05) is 29.8 Å². The second-order valence-corrected chi connectivity index (χ2v) is 5.29. The minimum Gasteiger partial charge on any atom is -0.478 e. The molecule has 3 rings (SSSR count). The maximum Gasteiger partial charge on any atom is 0.337 e. The zero-order valence-corrected chi connectivity index (χ0v) is 12.1. The van der Waals surface area contributed by atoms with Crippen molar-refractivity contribution in [3.8, 4) is 0 Å². The average molecular weight is 301 g/mol. The number of para-hydroxylation sites is 1. The van der Waals surface area contributed by atoms with Crippen molar-refractivity contribution in [1.29, 1.82) is 0 Å². The van der Waals surface area contributed by atoms with E-state index in [1.165, 1.54) is 0 Å². The number of nitrogens with zero attached hydrogens (tertiary/aromatic N) is 2. The Morgan fingerprint density at radius 3 is 2.62 bits per heavy atom. The molecule has 1 atom stereocenters. The maximum atomic E-state index is 11.2. The highest BCUT2D eigenvalue weighted by Crippen LogP contribution is 2.26. The quantitative estimate of drug-likeness (QED) is 0.795. The summed E-state index contributed by atoms with van der Waals surface area (Å²) in [6, 6.07) is 12.8. The third kappa shape index (κ3) is 2.38. The van der Waals surface area contributed by atoms with Gasteiger partial charge in [0.25, 0.3) is 0 Å². The van der Waals surface area contributed by atoms with Crippen LogP contribution >= 0.6 is 11.6 Å². The third-order valence-corrected chi connectivity index (χ3v) is 3.86. The summed E-state index contributed by atoms with van der Waals surface area (Å²) in [5, 5.41) is 9.90. The highest BCUT2D eigenvalue weighted by atomic mass is 35.5. The molecule has 0 saturated carbocycles. The van der Waals surface area contributed by atoms with Crippen LogP contribution in [0.5, 0.6) is 0 Å². The molecule has 106 valence electrons. The lowest BCUT2D eigenvalue weighted by molar-refractivity contribution is 0.0699. The van der Waals surface area contributed by atoms with Crippen molar-refractivity contribution in [2.24, 2.45) is 0 Å². The van der Waals surface area contributed by atoms with E-state index in [4.69, 9.17) is 11.6 Å². The Balaban J connectivity index is 2.11. The molecule has 4 nitrogen and oxygen atoms in total. The van der Waals surface area contributed by atoms with Crippen LogP contribution in [0.25, 0.3) is 11.0 Å². The third-order valence-electron chi connectivity index (χ3n) is 3.60. The molecule has 21 heavy (non-hydrogen) atoms. The number of benzene rings is 2. The number of aromatic nitrogens is 2. The summed E-state index contributed by atoms with van der Waals surface area (Å²) in [7, 11) is 0. The van der Waals surface area contributed by atoms with Crippen molar-refractivity contribution in [3.05, 3.63) is 64.9 Å². The first-order valence-corrected chi connectivity index (χ1v) is 6.90. The summed E-state index contributed by atoms with van der Waals surface area (Å²) >= 11 is 5.91. The summed E-state index contributed by atoms with van der Waals surface area (Å²) in [5.74, 6) is -0.968. The Labute approximate surface area is 126 Å². The maximum absolute atomic E-state index is 11.2. The summed E-state index contributed by atoms with van der Waals surface area (Å²) in [6.07, 6.45) is 1.68. The fourth-order valence-electron chi connectivity index (χ4n) is 2.44. The average Bonchev–Trinajstić information content (AvgIpc) is 2.90. The Morgan fingerprint density at radius 2 is 1.95 bits per heavy atom. The number of carbonyl (C=O) groups is 1. The molecule has 0 saturated heterocycles. The monoisotopic (exact) mass is 300 g/mol. The van der Waals surface area contributed by atoms with Gasteiger partial charge in [0.1, 0.15) is 5.52 Å². The number of carboxylic acids is 1. The molecule has 0 radical (unpaired) electrons. The standard InChI is InChI=1S/C16H13ClN2O2/c1-10(11-5-7-12(17)8-6-11)19-9-18-15-13(16(20)21)3-2-4-14(15)19/h2-10H,1H3,(H,20,21). The molecule has 2 aromatic carbocycles. The van der Waals surface area contributed by atoms with Crippen LogP contribution < -0.4 is 0 Å². The van der Waals surface area contributed by atoms with E-state index in [0.717, 1.165) is 11.1 Å². The number of fused-ring (bicyclic) bond motifs is 1. The Bertz CT molecular complexity index is 809. The number of rotatable bonds is 3. The molecular formula is C16H13ClN2O2. The van der Waals surface area contributed by atoms with Gasteiger partial charge in [-0.05, 0) is 36.8 Å². The lowest BCUT2D eigenvalue weighted by Gasteiger charge is -2.15. The molecule has 3 aromatic rings. The summed E-state index contributed by atoms with van der Waals surface area (Å²) in [6.45, 7) is 2.04. The summed E-state index contributed by atoms with van der Waals surface area (Å²) in [5.41, 5.74) is 2.61. The molecule has 0 aliphatic heterocycles. The molecule has 0 amide bonds. The molecule has 1 aromatic heterocycles. The van der Waals surface area contributed by atoms with Crippen molar-refractivity contribution in [3.63, 3.8) is 0 Å².